The summed E-state index contributed by atoms with van der Waals surface area (Å²) in [6, 6.07) is 6.59. The monoisotopic (exact) mass is 320 g/mol. The maximum atomic E-state index is 14.2. The number of halogens is 2. The number of aromatic nitrogens is 2. The molecule has 1 N–H and O–H groups in total. The number of para-hydroxylation sites is 2. The molecule has 23 heavy (non-hydrogen) atoms. The first-order valence-electron chi connectivity index (χ1n) is 7.73. The SMILES string of the molecule is O=c1[nH]c2ccccc2nc1C(F)(F)/C=C/COC1CCCC1. The Labute approximate surface area is 132 Å². The van der Waals surface area contributed by atoms with Crippen LogP contribution < -0.4 is 5.56 Å². The third-order valence-electron chi connectivity index (χ3n) is 3.97. The van der Waals surface area contributed by atoms with Gasteiger partial charge in [-0.1, -0.05) is 31.1 Å². The summed E-state index contributed by atoms with van der Waals surface area (Å²) in [6.07, 6.45) is 6.33. The van der Waals surface area contributed by atoms with Gasteiger partial charge in [-0.05, 0) is 31.1 Å². The van der Waals surface area contributed by atoms with Gasteiger partial charge in [-0.2, -0.15) is 8.78 Å². The van der Waals surface area contributed by atoms with Gasteiger partial charge in [-0.25, -0.2) is 4.98 Å². The molecule has 1 aliphatic rings. The maximum Gasteiger partial charge on any atom is 0.313 e. The summed E-state index contributed by atoms with van der Waals surface area (Å²) >= 11 is 0. The molecule has 1 aromatic carbocycles. The van der Waals surface area contributed by atoms with E-state index in [0.29, 0.717) is 17.1 Å². The quantitative estimate of drug-likeness (QED) is 0.858. The fourth-order valence-corrected chi connectivity index (χ4v) is 2.78. The highest BCUT2D eigenvalue weighted by Gasteiger charge is 2.33. The van der Waals surface area contributed by atoms with Gasteiger partial charge in [0.15, 0.2) is 5.69 Å². The fraction of sp³-hybridized carbons (Fsp3) is 0.412. The molecule has 0 unspecified atom stereocenters. The molecule has 1 saturated carbocycles. The van der Waals surface area contributed by atoms with Crippen molar-refractivity contribution in [1.29, 1.82) is 0 Å². The lowest BCUT2D eigenvalue weighted by Gasteiger charge is -2.12. The van der Waals surface area contributed by atoms with Crippen molar-refractivity contribution < 1.29 is 13.5 Å². The minimum atomic E-state index is -3.43. The average molecular weight is 320 g/mol. The highest BCUT2D eigenvalue weighted by atomic mass is 19.3. The molecule has 1 fully saturated rings. The predicted molar refractivity (Wildman–Crippen MR) is 83.6 cm³/mol. The topological polar surface area (TPSA) is 55.0 Å². The molecule has 4 nitrogen and oxygen atoms in total. The van der Waals surface area contributed by atoms with Crippen LogP contribution in [0.25, 0.3) is 11.0 Å². The van der Waals surface area contributed by atoms with Gasteiger partial charge in [0.1, 0.15) is 0 Å². The van der Waals surface area contributed by atoms with Gasteiger partial charge in [0.25, 0.3) is 5.56 Å². The summed E-state index contributed by atoms with van der Waals surface area (Å²) in [5, 5.41) is 0. The normalized spacial score (nSPS) is 16.6. The van der Waals surface area contributed by atoms with Crippen molar-refractivity contribution in [2.24, 2.45) is 0 Å². The van der Waals surface area contributed by atoms with E-state index >= 15 is 0 Å². The number of aromatic amines is 1. The van der Waals surface area contributed by atoms with Crippen molar-refractivity contribution in [3.8, 4) is 0 Å². The molecule has 1 heterocycles. The van der Waals surface area contributed by atoms with Gasteiger partial charge in [0.2, 0.25) is 0 Å². The molecule has 0 aliphatic heterocycles. The third-order valence-corrected chi connectivity index (χ3v) is 3.97. The van der Waals surface area contributed by atoms with E-state index in [1.54, 1.807) is 24.3 Å². The van der Waals surface area contributed by atoms with Crippen molar-refractivity contribution in [3.05, 3.63) is 52.5 Å². The van der Waals surface area contributed by atoms with Crippen LogP contribution in [0.15, 0.2) is 41.2 Å². The van der Waals surface area contributed by atoms with Crippen molar-refractivity contribution in [2.45, 2.75) is 37.7 Å². The molecule has 0 atom stereocenters. The second kappa shape index (κ2) is 6.58. The summed E-state index contributed by atoms with van der Waals surface area (Å²) < 4.78 is 33.9. The lowest BCUT2D eigenvalue weighted by molar-refractivity contribution is 0.0423. The van der Waals surface area contributed by atoms with E-state index < -0.39 is 17.2 Å². The Kier molecular flexibility index (Phi) is 4.52. The van der Waals surface area contributed by atoms with Crippen molar-refractivity contribution >= 4 is 11.0 Å². The third kappa shape index (κ3) is 3.64. The van der Waals surface area contributed by atoms with E-state index in [4.69, 9.17) is 4.74 Å². The Morgan fingerprint density at radius 1 is 1.30 bits per heavy atom. The Hall–Kier alpha value is -2.08. The van der Waals surface area contributed by atoms with Crippen molar-refractivity contribution in [2.75, 3.05) is 6.61 Å². The molecule has 6 heteroatoms. The molecule has 1 aliphatic carbocycles. The number of nitrogens with one attached hydrogen (secondary N) is 1. The number of allylic oxidation sites excluding steroid dienone is 1. The van der Waals surface area contributed by atoms with Gasteiger partial charge >= 0.3 is 5.92 Å². The minimum absolute atomic E-state index is 0.117. The molecule has 122 valence electrons. The first-order valence-corrected chi connectivity index (χ1v) is 7.73. The predicted octanol–water partition coefficient (Wildman–Crippen LogP) is 3.53. The number of hydrogen-bond acceptors (Lipinski definition) is 3. The number of benzene rings is 1. The van der Waals surface area contributed by atoms with Gasteiger partial charge in [0.05, 0.1) is 23.7 Å². The van der Waals surface area contributed by atoms with Crippen LogP contribution in [0.3, 0.4) is 0 Å². The van der Waals surface area contributed by atoms with Crippen LogP contribution in [-0.2, 0) is 10.7 Å². The number of fused-ring (bicyclic) bond motifs is 1. The number of rotatable bonds is 5. The van der Waals surface area contributed by atoms with E-state index in [2.05, 4.69) is 9.97 Å². The zero-order valence-electron chi connectivity index (χ0n) is 12.6. The molecule has 0 saturated heterocycles. The summed E-state index contributed by atoms with van der Waals surface area (Å²) in [4.78, 5) is 18.1. The summed E-state index contributed by atoms with van der Waals surface area (Å²) in [5.74, 6) is -3.43. The van der Waals surface area contributed by atoms with Crippen molar-refractivity contribution in [1.82, 2.24) is 9.97 Å². The standard InChI is InChI=1S/C17H18F2N2O2/c18-17(19,10-5-11-23-12-6-1-2-7-12)15-16(22)21-14-9-4-3-8-13(14)20-15/h3-5,8-10,12H,1-2,6-7,11H2,(H,21,22)/b10-5+. The van der Waals surface area contributed by atoms with E-state index in [1.807, 2.05) is 0 Å². The second-order valence-electron chi connectivity index (χ2n) is 5.70. The van der Waals surface area contributed by atoms with E-state index in [0.717, 1.165) is 25.7 Å². The van der Waals surface area contributed by atoms with Crippen molar-refractivity contribution in [3.63, 3.8) is 0 Å². The second-order valence-corrected chi connectivity index (χ2v) is 5.70. The average Bonchev–Trinajstić information content (AvgIpc) is 3.04. The fourth-order valence-electron chi connectivity index (χ4n) is 2.78. The zero-order chi connectivity index (χ0) is 16.3. The smallest absolute Gasteiger partial charge is 0.313 e. The van der Waals surface area contributed by atoms with E-state index in [-0.39, 0.29) is 12.7 Å². The van der Waals surface area contributed by atoms with Crippen LogP contribution in [-0.4, -0.2) is 22.7 Å². The summed E-state index contributed by atoms with van der Waals surface area (Å²) in [7, 11) is 0. The van der Waals surface area contributed by atoms with Gasteiger partial charge in [0, 0.05) is 0 Å². The molecule has 3 rings (SSSR count). The molecular formula is C17H18F2N2O2. The van der Waals surface area contributed by atoms with Crippen LogP contribution in [0.1, 0.15) is 31.4 Å². The van der Waals surface area contributed by atoms with Gasteiger partial charge in [-0.3, -0.25) is 4.79 Å². The van der Waals surface area contributed by atoms with Crippen LogP contribution in [0.2, 0.25) is 0 Å². The number of alkyl halides is 2. The molecule has 1 aromatic heterocycles. The van der Waals surface area contributed by atoms with E-state index in [9.17, 15) is 13.6 Å². The number of ether oxygens (including phenoxy) is 1. The van der Waals surface area contributed by atoms with Crippen LogP contribution >= 0.6 is 0 Å². The first-order chi connectivity index (χ1) is 11.1. The molecule has 2 aromatic rings. The highest BCUT2D eigenvalue weighted by Crippen LogP contribution is 2.26. The first kappa shape index (κ1) is 15.8. The molecule has 0 spiro atoms. The lowest BCUT2D eigenvalue weighted by atomic mass is 10.2. The van der Waals surface area contributed by atoms with Gasteiger partial charge < -0.3 is 9.72 Å². The van der Waals surface area contributed by atoms with E-state index in [1.165, 1.54) is 6.08 Å². The van der Waals surface area contributed by atoms with Crippen LogP contribution in [0.5, 0.6) is 0 Å². The summed E-state index contributed by atoms with van der Waals surface area (Å²) in [5.41, 5.74) is -0.911. The Balaban J connectivity index is 1.75. The van der Waals surface area contributed by atoms with Crippen LogP contribution in [0, 0.1) is 0 Å². The summed E-state index contributed by atoms with van der Waals surface area (Å²) in [6.45, 7) is 0.117. The Morgan fingerprint density at radius 3 is 2.83 bits per heavy atom. The lowest BCUT2D eigenvalue weighted by Crippen LogP contribution is -2.25. The Morgan fingerprint density at radius 2 is 2.04 bits per heavy atom. The number of H-pyrrole nitrogens is 1. The minimum Gasteiger partial charge on any atom is -0.374 e. The Bertz CT molecular complexity index is 765. The maximum absolute atomic E-state index is 14.2. The molecule has 0 amide bonds. The number of hydrogen-bond donors (Lipinski definition) is 1. The zero-order valence-corrected chi connectivity index (χ0v) is 12.6. The van der Waals surface area contributed by atoms with Gasteiger partial charge in [-0.15, -0.1) is 0 Å². The number of nitrogens with zero attached hydrogens (tertiary/aromatic N) is 1. The largest absolute Gasteiger partial charge is 0.374 e. The van der Waals surface area contributed by atoms with Crippen LogP contribution in [0.4, 0.5) is 8.78 Å². The molecule has 0 radical (unpaired) electrons. The molecule has 0 bridgehead atoms. The highest BCUT2D eigenvalue weighted by molar-refractivity contribution is 5.73. The molecular weight excluding hydrogens is 302 g/mol.